The van der Waals surface area contributed by atoms with Gasteiger partial charge in [-0.15, -0.1) is 0 Å². The molecule has 6 nitrogen and oxygen atoms in total. The van der Waals surface area contributed by atoms with E-state index >= 15 is 0 Å². The molecule has 0 aromatic heterocycles. The number of esters is 3. The summed E-state index contributed by atoms with van der Waals surface area (Å²) >= 11 is 0. The SMILES string of the molecule is CC(C)CCCCCCCCCCCCCCCCCCCCC(=O)O[C@H](COC(=O)CCCCCCCCCCCCCCCCCC(C)C)COC(=O)CCCCCCCCCC(C)C. The molecule has 0 fully saturated rings. The van der Waals surface area contributed by atoms with E-state index in [0.717, 1.165) is 75.5 Å². The highest BCUT2D eigenvalue weighted by Crippen LogP contribution is 2.19. The molecule has 0 aromatic rings. The van der Waals surface area contributed by atoms with Crippen LogP contribution in [-0.4, -0.2) is 37.2 Å². The van der Waals surface area contributed by atoms with Gasteiger partial charge in [0.25, 0.3) is 0 Å². The second kappa shape index (κ2) is 52.2. The van der Waals surface area contributed by atoms with Crippen molar-refractivity contribution >= 4 is 17.9 Å². The maximum absolute atomic E-state index is 12.9. The molecule has 0 rings (SSSR count). The van der Waals surface area contributed by atoms with Crippen LogP contribution < -0.4 is 0 Å². The van der Waals surface area contributed by atoms with Gasteiger partial charge in [-0.05, 0) is 37.0 Å². The zero-order valence-corrected chi connectivity index (χ0v) is 46.2. The van der Waals surface area contributed by atoms with Gasteiger partial charge in [0.1, 0.15) is 13.2 Å². The van der Waals surface area contributed by atoms with Crippen molar-refractivity contribution in [1.82, 2.24) is 0 Å². The van der Waals surface area contributed by atoms with Crippen molar-refractivity contribution in [1.29, 1.82) is 0 Å². The Hall–Kier alpha value is -1.59. The van der Waals surface area contributed by atoms with Crippen LogP contribution in [-0.2, 0) is 28.6 Å². The van der Waals surface area contributed by atoms with Gasteiger partial charge in [-0.1, -0.05) is 298 Å². The quantitative estimate of drug-likeness (QED) is 0.0343. The third kappa shape index (κ3) is 55.2. The normalized spacial score (nSPS) is 12.1. The summed E-state index contributed by atoms with van der Waals surface area (Å²) < 4.78 is 16.9. The zero-order valence-electron chi connectivity index (χ0n) is 46.2. The van der Waals surface area contributed by atoms with Crippen molar-refractivity contribution in [2.75, 3.05) is 13.2 Å². The fourth-order valence-electron chi connectivity index (χ4n) is 9.35. The van der Waals surface area contributed by atoms with Crippen LogP contribution in [0.15, 0.2) is 0 Å². The van der Waals surface area contributed by atoms with E-state index in [9.17, 15) is 14.4 Å². The first-order valence-electron chi connectivity index (χ1n) is 30.1. The van der Waals surface area contributed by atoms with Gasteiger partial charge in [-0.3, -0.25) is 14.4 Å². The Bertz CT molecular complexity index is 1040. The number of hydrogen-bond donors (Lipinski definition) is 0. The average Bonchev–Trinajstić information content (AvgIpc) is 3.29. The summed E-state index contributed by atoms with van der Waals surface area (Å²) in [4.78, 5) is 38.1. The molecule has 67 heavy (non-hydrogen) atoms. The van der Waals surface area contributed by atoms with Gasteiger partial charge in [0.15, 0.2) is 6.10 Å². The highest BCUT2D eigenvalue weighted by atomic mass is 16.6. The third-order valence-electron chi connectivity index (χ3n) is 13.9. The van der Waals surface area contributed by atoms with Crippen molar-refractivity contribution in [2.45, 2.75) is 343 Å². The molecule has 1 atom stereocenters. The number of carbonyl (C=O) groups excluding carboxylic acids is 3. The lowest BCUT2D eigenvalue weighted by molar-refractivity contribution is -0.167. The standard InChI is InChI=1S/C61H118O6/c1-55(2)47-41-35-29-24-20-16-12-9-7-8-10-14-19-23-27-33-40-46-52-61(64)67-58(54-66-60(63)51-45-39-34-28-31-37-43-49-57(5)6)53-65-59(62)50-44-38-32-26-22-18-15-11-13-17-21-25-30-36-42-48-56(3)4/h55-58H,7-54H2,1-6H3/t58-/m1/s1. The van der Waals surface area contributed by atoms with Crippen molar-refractivity contribution in [3.63, 3.8) is 0 Å². The van der Waals surface area contributed by atoms with E-state index in [4.69, 9.17) is 14.2 Å². The third-order valence-corrected chi connectivity index (χ3v) is 13.9. The first kappa shape index (κ1) is 65.4. The molecule has 0 N–H and O–H groups in total. The van der Waals surface area contributed by atoms with Crippen LogP contribution in [0.3, 0.4) is 0 Å². The molecule has 0 unspecified atom stereocenters. The molecule has 0 saturated heterocycles. The molecular weight excluding hydrogens is 829 g/mol. The zero-order chi connectivity index (χ0) is 49.1. The topological polar surface area (TPSA) is 78.9 Å². The van der Waals surface area contributed by atoms with E-state index in [1.165, 1.54) is 218 Å². The van der Waals surface area contributed by atoms with E-state index in [2.05, 4.69) is 41.5 Å². The molecule has 0 aliphatic rings. The van der Waals surface area contributed by atoms with E-state index in [1.54, 1.807) is 0 Å². The van der Waals surface area contributed by atoms with E-state index < -0.39 is 6.10 Å². The minimum atomic E-state index is -0.764. The lowest BCUT2D eigenvalue weighted by atomic mass is 10.0. The predicted octanol–water partition coefficient (Wildman–Crippen LogP) is 19.9. The largest absolute Gasteiger partial charge is 0.462 e. The molecule has 0 aromatic carbocycles. The highest BCUT2D eigenvalue weighted by Gasteiger charge is 2.19. The first-order chi connectivity index (χ1) is 32.6. The molecule has 398 valence electrons. The van der Waals surface area contributed by atoms with Crippen LogP contribution >= 0.6 is 0 Å². The molecule has 0 bridgehead atoms. The van der Waals surface area contributed by atoms with Crippen molar-refractivity contribution in [3.8, 4) is 0 Å². The Morgan fingerprint density at radius 2 is 0.433 bits per heavy atom. The second-order valence-corrected chi connectivity index (χ2v) is 22.4. The summed E-state index contributed by atoms with van der Waals surface area (Å²) in [5, 5.41) is 0. The Kier molecular flexibility index (Phi) is 51.0. The molecule has 0 aliphatic carbocycles. The monoisotopic (exact) mass is 947 g/mol. The molecule has 0 heterocycles. The fraction of sp³-hybridized carbons (Fsp3) is 0.951. The predicted molar refractivity (Wildman–Crippen MR) is 289 cm³/mol. The molecular formula is C61H118O6. The van der Waals surface area contributed by atoms with E-state index in [0.29, 0.717) is 19.3 Å². The number of rotatable bonds is 54. The minimum absolute atomic E-state index is 0.0638. The molecule has 0 aliphatic heterocycles. The minimum Gasteiger partial charge on any atom is -0.462 e. The summed E-state index contributed by atoms with van der Waals surface area (Å²) in [5.74, 6) is 1.64. The van der Waals surface area contributed by atoms with Crippen molar-refractivity contribution < 1.29 is 28.6 Å². The highest BCUT2D eigenvalue weighted by molar-refractivity contribution is 5.71. The summed E-state index contributed by atoms with van der Waals surface area (Å²) in [6.45, 7) is 13.7. The second-order valence-electron chi connectivity index (χ2n) is 22.4. The summed E-state index contributed by atoms with van der Waals surface area (Å²) in [7, 11) is 0. The van der Waals surface area contributed by atoms with Gasteiger partial charge in [0.2, 0.25) is 0 Å². The van der Waals surface area contributed by atoms with Crippen LogP contribution in [0, 0.1) is 17.8 Å². The maximum Gasteiger partial charge on any atom is 0.306 e. The van der Waals surface area contributed by atoms with Crippen molar-refractivity contribution in [2.24, 2.45) is 17.8 Å². The first-order valence-corrected chi connectivity index (χ1v) is 30.1. The van der Waals surface area contributed by atoms with Gasteiger partial charge in [-0.25, -0.2) is 0 Å². The Labute approximate surface area is 418 Å². The number of unbranched alkanes of at least 4 members (excludes halogenated alkanes) is 37. The van der Waals surface area contributed by atoms with Gasteiger partial charge in [-0.2, -0.15) is 0 Å². The molecule has 0 spiro atoms. The average molecular weight is 948 g/mol. The van der Waals surface area contributed by atoms with E-state index in [1.807, 2.05) is 0 Å². The fourth-order valence-corrected chi connectivity index (χ4v) is 9.35. The van der Waals surface area contributed by atoms with E-state index in [-0.39, 0.29) is 31.1 Å². The van der Waals surface area contributed by atoms with Gasteiger partial charge in [0.05, 0.1) is 0 Å². The smallest absolute Gasteiger partial charge is 0.306 e. The lowest BCUT2D eigenvalue weighted by Crippen LogP contribution is -2.30. The molecule has 0 saturated carbocycles. The van der Waals surface area contributed by atoms with Crippen LogP contribution in [0.5, 0.6) is 0 Å². The van der Waals surface area contributed by atoms with Crippen molar-refractivity contribution in [3.05, 3.63) is 0 Å². The Morgan fingerprint density at radius 3 is 0.642 bits per heavy atom. The molecule has 6 heteroatoms. The van der Waals surface area contributed by atoms with Gasteiger partial charge >= 0.3 is 17.9 Å². The Morgan fingerprint density at radius 1 is 0.254 bits per heavy atom. The summed E-state index contributed by atoms with van der Waals surface area (Å²) in [6.07, 6.45) is 55.4. The van der Waals surface area contributed by atoms with Crippen LogP contribution in [0.1, 0.15) is 337 Å². The van der Waals surface area contributed by atoms with Crippen LogP contribution in [0.4, 0.5) is 0 Å². The van der Waals surface area contributed by atoms with Gasteiger partial charge < -0.3 is 14.2 Å². The van der Waals surface area contributed by atoms with Crippen LogP contribution in [0.2, 0.25) is 0 Å². The lowest BCUT2D eigenvalue weighted by Gasteiger charge is -2.18. The van der Waals surface area contributed by atoms with Gasteiger partial charge in [0, 0.05) is 19.3 Å². The molecule has 0 amide bonds. The number of ether oxygens (including phenoxy) is 3. The molecule has 0 radical (unpaired) electrons. The summed E-state index contributed by atoms with van der Waals surface area (Å²) in [5.41, 5.74) is 0. The Balaban J connectivity index is 4.21. The number of carbonyl (C=O) groups is 3. The van der Waals surface area contributed by atoms with Crippen LogP contribution in [0.25, 0.3) is 0 Å². The summed E-state index contributed by atoms with van der Waals surface area (Å²) in [6, 6.07) is 0. The maximum atomic E-state index is 12.9. The number of hydrogen-bond acceptors (Lipinski definition) is 6.